The van der Waals surface area contributed by atoms with Crippen molar-refractivity contribution in [3.63, 3.8) is 0 Å². The number of benzene rings is 2. The molecule has 2 N–H and O–H groups in total. The van der Waals surface area contributed by atoms with Crippen molar-refractivity contribution in [3.8, 4) is 0 Å². The molecule has 0 aliphatic carbocycles. The number of carbonyl (C=O) groups excluding carboxylic acids is 1. The summed E-state index contributed by atoms with van der Waals surface area (Å²) >= 11 is 1.35. The van der Waals surface area contributed by atoms with Crippen molar-refractivity contribution < 1.29 is 14.3 Å². The average molecular weight is 371 g/mol. The predicted octanol–water partition coefficient (Wildman–Crippen LogP) is 3.25. The van der Waals surface area contributed by atoms with Gasteiger partial charge in [-0.15, -0.1) is 0 Å². The minimum absolute atomic E-state index is 0.0861. The second-order valence-corrected chi connectivity index (χ2v) is 7.04. The number of nitro groups is 1. The van der Waals surface area contributed by atoms with Gasteiger partial charge >= 0.3 is 5.16 Å². The topological polar surface area (TPSA) is 91.9 Å². The van der Waals surface area contributed by atoms with E-state index in [4.69, 9.17) is 0 Å². The molecule has 3 rings (SSSR count). The number of anilines is 1. The van der Waals surface area contributed by atoms with E-state index in [1.807, 2.05) is 41.9 Å². The van der Waals surface area contributed by atoms with Gasteiger partial charge < -0.3 is 5.32 Å². The molecule has 1 heterocycles. The number of aromatic nitrogens is 2. The summed E-state index contributed by atoms with van der Waals surface area (Å²) in [6.45, 7) is 3.54. The number of para-hydroxylation sites is 2. The van der Waals surface area contributed by atoms with Gasteiger partial charge in [0.05, 0.1) is 17.7 Å². The molecule has 3 aromatic rings. The van der Waals surface area contributed by atoms with Gasteiger partial charge in [-0.2, -0.15) is 0 Å². The molecule has 26 heavy (non-hydrogen) atoms. The quantitative estimate of drug-likeness (QED) is 0.312. The lowest BCUT2D eigenvalue weighted by Crippen LogP contribution is -2.29. The van der Waals surface area contributed by atoms with Crippen LogP contribution in [0.5, 0.6) is 0 Å². The number of hydrogen-bond donors (Lipinski definition) is 2. The molecule has 7 nitrogen and oxygen atoms in total. The summed E-state index contributed by atoms with van der Waals surface area (Å²) in [4.78, 5) is 26.4. The summed E-state index contributed by atoms with van der Waals surface area (Å²) in [5.74, 6) is -0.144. The molecule has 1 amide bonds. The van der Waals surface area contributed by atoms with Crippen LogP contribution in [0.2, 0.25) is 0 Å². The molecule has 0 radical (unpaired) electrons. The lowest BCUT2D eigenvalue weighted by molar-refractivity contribution is -0.683. The summed E-state index contributed by atoms with van der Waals surface area (Å²) in [6.07, 6.45) is 0. The van der Waals surface area contributed by atoms with Gasteiger partial charge in [0.2, 0.25) is 5.91 Å². The number of nitrogens with one attached hydrogen (secondary N) is 2. The van der Waals surface area contributed by atoms with Gasteiger partial charge in [-0.1, -0.05) is 18.2 Å². The van der Waals surface area contributed by atoms with E-state index in [1.165, 1.54) is 17.8 Å². The van der Waals surface area contributed by atoms with Crippen molar-refractivity contribution in [3.05, 3.63) is 57.6 Å². The van der Waals surface area contributed by atoms with Crippen LogP contribution in [-0.2, 0) is 11.8 Å². The van der Waals surface area contributed by atoms with Gasteiger partial charge in [0.15, 0.2) is 11.0 Å². The Hall–Kier alpha value is -2.87. The summed E-state index contributed by atoms with van der Waals surface area (Å²) < 4.78 is 1.98. The van der Waals surface area contributed by atoms with Crippen LogP contribution in [0.4, 0.5) is 11.4 Å². The number of hydrogen-bond acceptors (Lipinski definition) is 4. The maximum atomic E-state index is 12.3. The summed E-state index contributed by atoms with van der Waals surface area (Å²) in [6, 6.07) is 11.1. The zero-order valence-corrected chi connectivity index (χ0v) is 15.5. The van der Waals surface area contributed by atoms with E-state index in [1.54, 1.807) is 13.8 Å². The number of amides is 1. The van der Waals surface area contributed by atoms with Crippen LogP contribution in [0.25, 0.3) is 11.0 Å². The van der Waals surface area contributed by atoms with E-state index in [-0.39, 0.29) is 23.0 Å². The SMILES string of the molecule is Cc1cc(C)c(NC(=O)CSc2[nH]c3ccccc3[n+]2C)c([N+](=O)[O-])c1. The van der Waals surface area contributed by atoms with Crippen LogP contribution in [0, 0.1) is 24.0 Å². The molecule has 0 unspecified atom stereocenters. The molecular weight excluding hydrogens is 352 g/mol. The molecule has 1 aromatic heterocycles. The second-order valence-electron chi connectivity index (χ2n) is 6.08. The highest BCUT2D eigenvalue weighted by atomic mass is 32.2. The van der Waals surface area contributed by atoms with Crippen LogP contribution in [0.15, 0.2) is 41.6 Å². The number of nitro benzene ring substituents is 1. The molecule has 0 saturated heterocycles. The van der Waals surface area contributed by atoms with Crippen LogP contribution >= 0.6 is 11.8 Å². The second kappa shape index (κ2) is 7.17. The van der Waals surface area contributed by atoms with Crippen molar-refractivity contribution in [2.75, 3.05) is 11.1 Å². The van der Waals surface area contributed by atoms with E-state index in [9.17, 15) is 14.9 Å². The van der Waals surface area contributed by atoms with E-state index < -0.39 is 4.92 Å². The number of aromatic amines is 1. The standard InChI is InChI=1S/C18H18N4O3S/c1-11-8-12(2)17(15(9-11)22(24)25)20-16(23)10-26-18-19-13-6-4-5-7-14(13)21(18)3/h4-9H,10H2,1-3H3,(H,20,23)/p+1. The molecule has 2 aromatic carbocycles. The lowest BCUT2D eigenvalue weighted by atomic mass is 10.1. The Kier molecular flexibility index (Phi) is 4.94. The number of aryl methyl sites for hydroxylation is 3. The lowest BCUT2D eigenvalue weighted by Gasteiger charge is -2.09. The third-order valence-electron chi connectivity index (χ3n) is 4.07. The highest BCUT2D eigenvalue weighted by Crippen LogP contribution is 2.30. The number of imidazole rings is 1. The molecule has 0 saturated carbocycles. The molecule has 0 spiro atoms. The maximum Gasteiger partial charge on any atom is 0.317 e. The van der Waals surface area contributed by atoms with Gasteiger partial charge in [0, 0.05) is 6.07 Å². The Morgan fingerprint density at radius 1 is 1.31 bits per heavy atom. The van der Waals surface area contributed by atoms with Gasteiger partial charge in [0.25, 0.3) is 5.69 Å². The number of carbonyl (C=O) groups is 1. The summed E-state index contributed by atoms with van der Waals surface area (Å²) in [5.41, 5.74) is 3.66. The molecule has 0 aliphatic rings. The molecule has 0 aliphatic heterocycles. The third-order valence-corrected chi connectivity index (χ3v) is 5.13. The minimum atomic E-state index is -0.472. The van der Waals surface area contributed by atoms with E-state index >= 15 is 0 Å². The van der Waals surface area contributed by atoms with Gasteiger partial charge in [-0.3, -0.25) is 14.9 Å². The fraction of sp³-hybridized carbons (Fsp3) is 0.222. The van der Waals surface area contributed by atoms with Crippen molar-refractivity contribution in [2.45, 2.75) is 19.0 Å². The molecule has 8 heteroatoms. The molecule has 0 atom stereocenters. The molecular formula is C18H19N4O3S+. The average Bonchev–Trinajstić information content (AvgIpc) is 2.91. The number of nitrogens with zero attached hydrogens (tertiary/aromatic N) is 2. The molecule has 134 valence electrons. The fourth-order valence-electron chi connectivity index (χ4n) is 2.87. The van der Waals surface area contributed by atoms with Crippen LogP contribution in [0.3, 0.4) is 0 Å². The third kappa shape index (κ3) is 3.55. The van der Waals surface area contributed by atoms with Crippen molar-refractivity contribution in [2.24, 2.45) is 7.05 Å². The number of thioether (sulfide) groups is 1. The maximum absolute atomic E-state index is 12.3. The first-order valence-electron chi connectivity index (χ1n) is 8.02. The van der Waals surface area contributed by atoms with E-state index in [0.717, 1.165) is 21.8 Å². The first kappa shape index (κ1) is 17.9. The number of H-pyrrole nitrogens is 1. The van der Waals surface area contributed by atoms with Gasteiger partial charge in [0.1, 0.15) is 5.69 Å². The highest BCUT2D eigenvalue weighted by Gasteiger charge is 2.21. The summed E-state index contributed by atoms with van der Waals surface area (Å²) in [7, 11) is 1.92. The van der Waals surface area contributed by atoms with E-state index in [2.05, 4.69) is 10.3 Å². The van der Waals surface area contributed by atoms with Crippen LogP contribution in [-0.4, -0.2) is 21.6 Å². The minimum Gasteiger partial charge on any atom is -0.319 e. The zero-order chi connectivity index (χ0) is 18.8. The van der Waals surface area contributed by atoms with Gasteiger partial charge in [-0.25, -0.2) is 9.55 Å². The molecule has 0 fully saturated rings. The Morgan fingerprint density at radius 2 is 2.04 bits per heavy atom. The number of fused-ring (bicyclic) bond motifs is 1. The van der Waals surface area contributed by atoms with Crippen LogP contribution < -0.4 is 9.88 Å². The van der Waals surface area contributed by atoms with Crippen molar-refractivity contribution in [1.82, 2.24) is 4.98 Å². The number of rotatable bonds is 5. The largest absolute Gasteiger partial charge is 0.319 e. The normalized spacial score (nSPS) is 10.9. The van der Waals surface area contributed by atoms with E-state index in [0.29, 0.717) is 5.56 Å². The first-order chi connectivity index (χ1) is 12.4. The Labute approximate surface area is 154 Å². The van der Waals surface area contributed by atoms with Crippen LogP contribution in [0.1, 0.15) is 11.1 Å². The van der Waals surface area contributed by atoms with Gasteiger partial charge in [-0.05, 0) is 48.9 Å². The highest BCUT2D eigenvalue weighted by molar-refractivity contribution is 7.99. The van der Waals surface area contributed by atoms with Crippen molar-refractivity contribution >= 4 is 40.1 Å². The Bertz CT molecular complexity index is 1010. The fourth-order valence-corrected chi connectivity index (χ4v) is 3.69. The molecule has 0 bridgehead atoms. The smallest absolute Gasteiger partial charge is 0.317 e. The van der Waals surface area contributed by atoms with Crippen molar-refractivity contribution in [1.29, 1.82) is 0 Å². The Balaban J connectivity index is 1.75. The summed E-state index contributed by atoms with van der Waals surface area (Å²) in [5, 5.41) is 14.8. The first-order valence-corrected chi connectivity index (χ1v) is 9.00. The Morgan fingerprint density at radius 3 is 2.73 bits per heavy atom. The predicted molar refractivity (Wildman–Crippen MR) is 101 cm³/mol. The zero-order valence-electron chi connectivity index (χ0n) is 14.7. The monoisotopic (exact) mass is 371 g/mol.